The Morgan fingerprint density at radius 3 is 2.55 bits per heavy atom. The van der Waals surface area contributed by atoms with Gasteiger partial charge in [-0.25, -0.2) is 18.3 Å². The van der Waals surface area contributed by atoms with Gasteiger partial charge in [0.05, 0.1) is 17.3 Å². The van der Waals surface area contributed by atoms with E-state index in [-0.39, 0.29) is 25.1 Å². The van der Waals surface area contributed by atoms with Crippen LogP contribution in [0, 0.1) is 17.7 Å². The van der Waals surface area contributed by atoms with E-state index in [1.54, 1.807) is 18.2 Å². The van der Waals surface area contributed by atoms with E-state index in [4.69, 9.17) is 10.3 Å². The number of fused-ring (bicyclic) bond motifs is 1. The van der Waals surface area contributed by atoms with E-state index in [1.165, 1.54) is 29.3 Å². The van der Waals surface area contributed by atoms with Crippen molar-refractivity contribution in [1.29, 1.82) is 0 Å². The minimum absolute atomic E-state index is 0.00510. The standard InChI is InChI=1S/C23H24FN3O5S/c1-23(22(29)26-30,33(2,31)32)10-11-27-21-14-20(24)18(13-19(21)15-25-27)8-7-16-3-5-17(6-4-16)9-12-28/h3-6,13-15,28,30H,9-12H2,1-2H3,(H,26,29)/t23-/m1/s1. The highest BCUT2D eigenvalue weighted by molar-refractivity contribution is 7.92. The highest BCUT2D eigenvalue weighted by Gasteiger charge is 2.43. The van der Waals surface area contributed by atoms with Gasteiger partial charge in [0.1, 0.15) is 5.82 Å². The number of sulfone groups is 1. The lowest BCUT2D eigenvalue weighted by atomic mass is 10.1. The average molecular weight is 474 g/mol. The minimum atomic E-state index is -3.85. The molecule has 174 valence electrons. The summed E-state index contributed by atoms with van der Waals surface area (Å²) in [6, 6.07) is 10.1. The Kier molecular flexibility index (Phi) is 7.17. The van der Waals surface area contributed by atoms with Gasteiger partial charge in [-0.1, -0.05) is 24.0 Å². The molecule has 3 N–H and O–H groups in total. The van der Waals surface area contributed by atoms with Crippen molar-refractivity contribution in [2.45, 2.75) is 31.1 Å². The number of benzene rings is 2. The molecule has 0 saturated heterocycles. The molecule has 10 heteroatoms. The van der Waals surface area contributed by atoms with Crippen LogP contribution in [0.1, 0.15) is 30.0 Å². The Morgan fingerprint density at radius 1 is 1.24 bits per heavy atom. The van der Waals surface area contributed by atoms with Crippen molar-refractivity contribution in [2.75, 3.05) is 12.9 Å². The fourth-order valence-electron chi connectivity index (χ4n) is 3.30. The Hall–Kier alpha value is -3.26. The third-order valence-corrected chi connectivity index (χ3v) is 7.65. The molecule has 3 aromatic rings. The number of hydrogen-bond donors (Lipinski definition) is 3. The largest absolute Gasteiger partial charge is 0.396 e. The lowest BCUT2D eigenvalue weighted by Gasteiger charge is -2.25. The first kappa shape index (κ1) is 24.4. The predicted molar refractivity (Wildman–Crippen MR) is 121 cm³/mol. The summed E-state index contributed by atoms with van der Waals surface area (Å²) in [6.45, 7) is 1.28. The number of nitrogens with one attached hydrogen (secondary N) is 1. The van der Waals surface area contributed by atoms with E-state index in [9.17, 15) is 17.6 Å². The topological polar surface area (TPSA) is 122 Å². The molecule has 0 aliphatic rings. The minimum Gasteiger partial charge on any atom is -0.396 e. The summed E-state index contributed by atoms with van der Waals surface area (Å²) in [5.41, 5.74) is 3.69. The number of rotatable bonds is 7. The number of aromatic nitrogens is 2. The van der Waals surface area contributed by atoms with Crippen molar-refractivity contribution in [3.8, 4) is 11.8 Å². The van der Waals surface area contributed by atoms with Crippen molar-refractivity contribution < 1.29 is 27.9 Å². The van der Waals surface area contributed by atoms with Gasteiger partial charge in [-0.3, -0.25) is 14.7 Å². The zero-order valence-corrected chi connectivity index (χ0v) is 19.0. The first-order valence-electron chi connectivity index (χ1n) is 10.1. The van der Waals surface area contributed by atoms with E-state index in [0.29, 0.717) is 22.9 Å². The van der Waals surface area contributed by atoms with Gasteiger partial charge in [0.25, 0.3) is 5.91 Å². The molecule has 1 amide bonds. The van der Waals surface area contributed by atoms with E-state index >= 15 is 0 Å². The molecule has 0 unspecified atom stereocenters. The number of carbonyl (C=O) groups excluding carboxylic acids is 1. The van der Waals surface area contributed by atoms with Crippen molar-refractivity contribution in [2.24, 2.45) is 0 Å². The van der Waals surface area contributed by atoms with Crippen LogP contribution in [0.15, 0.2) is 42.6 Å². The zero-order valence-electron chi connectivity index (χ0n) is 18.2. The van der Waals surface area contributed by atoms with Crippen LogP contribution in [0.3, 0.4) is 0 Å². The Bertz CT molecular complexity index is 1340. The zero-order chi connectivity index (χ0) is 24.2. The van der Waals surface area contributed by atoms with Gasteiger partial charge in [-0.05, 0) is 43.5 Å². The number of aliphatic hydroxyl groups excluding tert-OH is 1. The molecule has 1 heterocycles. The molecular weight excluding hydrogens is 449 g/mol. The maximum absolute atomic E-state index is 14.7. The summed E-state index contributed by atoms with van der Waals surface area (Å²) in [7, 11) is -3.85. The lowest BCUT2D eigenvalue weighted by molar-refractivity contribution is -0.131. The fraction of sp³-hybridized carbons (Fsp3) is 0.304. The smallest absolute Gasteiger partial charge is 0.264 e. The van der Waals surface area contributed by atoms with Gasteiger partial charge in [0, 0.05) is 36.4 Å². The molecule has 0 aliphatic heterocycles. The molecular formula is C23H24FN3O5S. The number of amides is 1. The van der Waals surface area contributed by atoms with Crippen molar-refractivity contribution in [3.05, 3.63) is 65.1 Å². The van der Waals surface area contributed by atoms with E-state index < -0.39 is 26.3 Å². The third-order valence-electron chi connectivity index (χ3n) is 5.63. The number of nitrogens with zero attached hydrogens (tertiary/aromatic N) is 2. The van der Waals surface area contributed by atoms with Crippen molar-refractivity contribution >= 4 is 26.6 Å². The van der Waals surface area contributed by atoms with Gasteiger partial charge in [0.2, 0.25) is 0 Å². The Balaban J connectivity index is 1.85. The van der Waals surface area contributed by atoms with Gasteiger partial charge in [-0.2, -0.15) is 5.10 Å². The molecule has 2 aromatic carbocycles. The summed E-state index contributed by atoms with van der Waals surface area (Å²) in [4.78, 5) is 12.0. The number of aliphatic hydroxyl groups is 1. The van der Waals surface area contributed by atoms with Crippen molar-refractivity contribution in [3.63, 3.8) is 0 Å². The Labute approximate surface area is 190 Å². The van der Waals surface area contributed by atoms with Crippen LogP contribution in [0.2, 0.25) is 0 Å². The van der Waals surface area contributed by atoms with Gasteiger partial charge < -0.3 is 5.11 Å². The molecule has 0 fully saturated rings. The second-order valence-electron chi connectivity index (χ2n) is 7.87. The van der Waals surface area contributed by atoms with Crippen LogP contribution < -0.4 is 5.48 Å². The number of hydrogen-bond acceptors (Lipinski definition) is 6. The molecule has 1 aromatic heterocycles. The molecule has 0 aliphatic carbocycles. The SMILES string of the molecule is C[C@@](CCn1ncc2cc(C#Cc3ccc(CCO)cc3)c(F)cc21)(C(=O)NO)S(C)(=O)=O. The summed E-state index contributed by atoms with van der Waals surface area (Å²) in [5.74, 6) is 4.11. The maximum Gasteiger partial charge on any atom is 0.264 e. The quantitative estimate of drug-likeness (QED) is 0.273. The normalized spacial score (nSPS) is 13.2. The summed E-state index contributed by atoms with van der Waals surface area (Å²) in [5, 5.41) is 22.7. The number of aryl methyl sites for hydroxylation is 1. The predicted octanol–water partition coefficient (Wildman–Crippen LogP) is 1.81. The molecule has 0 bridgehead atoms. The van der Waals surface area contributed by atoms with Gasteiger partial charge >= 0.3 is 0 Å². The Morgan fingerprint density at radius 2 is 1.94 bits per heavy atom. The van der Waals surface area contributed by atoms with Crippen LogP contribution in [-0.2, 0) is 27.6 Å². The molecule has 8 nitrogen and oxygen atoms in total. The third kappa shape index (κ3) is 5.22. The molecule has 0 radical (unpaired) electrons. The van der Waals surface area contributed by atoms with E-state index in [2.05, 4.69) is 16.9 Å². The van der Waals surface area contributed by atoms with E-state index in [1.807, 2.05) is 12.1 Å². The molecule has 1 atom stereocenters. The number of halogens is 1. The van der Waals surface area contributed by atoms with Crippen molar-refractivity contribution in [1.82, 2.24) is 15.3 Å². The average Bonchev–Trinajstić information content (AvgIpc) is 3.17. The molecule has 33 heavy (non-hydrogen) atoms. The van der Waals surface area contributed by atoms with E-state index in [0.717, 1.165) is 11.8 Å². The first-order chi connectivity index (χ1) is 15.6. The maximum atomic E-state index is 14.7. The van der Waals surface area contributed by atoms with Gasteiger partial charge in [0.15, 0.2) is 14.6 Å². The highest BCUT2D eigenvalue weighted by atomic mass is 32.2. The highest BCUT2D eigenvalue weighted by Crippen LogP contribution is 2.24. The second-order valence-corrected chi connectivity index (χ2v) is 10.3. The fourth-order valence-corrected chi connectivity index (χ4v) is 4.15. The van der Waals surface area contributed by atoms with Crippen LogP contribution in [0.5, 0.6) is 0 Å². The van der Waals surface area contributed by atoms with Crippen LogP contribution in [-0.4, -0.2) is 52.0 Å². The van der Waals surface area contributed by atoms with Crippen LogP contribution >= 0.6 is 0 Å². The van der Waals surface area contributed by atoms with Crippen LogP contribution in [0.4, 0.5) is 4.39 Å². The van der Waals surface area contributed by atoms with Crippen LogP contribution in [0.25, 0.3) is 10.9 Å². The number of carbonyl (C=O) groups is 1. The molecule has 0 saturated carbocycles. The number of hydroxylamine groups is 1. The molecule has 0 spiro atoms. The summed E-state index contributed by atoms with van der Waals surface area (Å²) in [6.07, 6.45) is 2.79. The van der Waals surface area contributed by atoms with Gasteiger partial charge in [-0.15, -0.1) is 0 Å². The first-order valence-corrected chi connectivity index (χ1v) is 12.0. The molecule has 3 rings (SSSR count). The summed E-state index contributed by atoms with van der Waals surface area (Å²) >= 11 is 0. The lowest BCUT2D eigenvalue weighted by Crippen LogP contribution is -2.49. The monoisotopic (exact) mass is 473 g/mol. The summed E-state index contributed by atoms with van der Waals surface area (Å²) < 4.78 is 38.5. The second kappa shape index (κ2) is 9.70.